The Bertz CT molecular complexity index is 429. The predicted octanol–water partition coefficient (Wildman–Crippen LogP) is 3.26. The van der Waals surface area contributed by atoms with Gasteiger partial charge in [0.2, 0.25) is 0 Å². The molecule has 0 saturated heterocycles. The zero-order valence-electron chi connectivity index (χ0n) is 10.4. The molecule has 0 spiro atoms. The van der Waals surface area contributed by atoms with E-state index in [2.05, 4.69) is 5.32 Å². The largest absolute Gasteiger partial charge is 0.379 e. The van der Waals surface area contributed by atoms with Crippen molar-refractivity contribution in [1.29, 1.82) is 0 Å². The molecular weight excluding hydrogens is 277 g/mol. The Morgan fingerprint density at radius 1 is 1.39 bits per heavy atom. The van der Waals surface area contributed by atoms with E-state index in [0.29, 0.717) is 5.69 Å². The molecule has 0 fully saturated rings. The fourth-order valence-electron chi connectivity index (χ4n) is 1.64. The minimum Gasteiger partial charge on any atom is -0.379 e. The molecule has 0 radical (unpaired) electrons. The fourth-order valence-corrected chi connectivity index (χ4v) is 2.23. The average Bonchev–Trinajstić information content (AvgIpc) is 2.21. The number of likely N-dealkylation sites (N-methyl/N-ethyl adjacent to an activating group) is 1. The number of nitro groups is 1. The van der Waals surface area contributed by atoms with Gasteiger partial charge in [-0.1, -0.05) is 23.2 Å². The molecule has 1 N–H and O–H groups in total. The molecule has 1 aromatic rings. The van der Waals surface area contributed by atoms with Crippen LogP contribution in [0.4, 0.5) is 11.4 Å². The van der Waals surface area contributed by atoms with Gasteiger partial charge in [-0.2, -0.15) is 0 Å². The molecule has 18 heavy (non-hydrogen) atoms. The van der Waals surface area contributed by atoms with E-state index in [1.54, 1.807) is 0 Å². The van der Waals surface area contributed by atoms with Crippen molar-refractivity contribution in [1.82, 2.24) is 4.90 Å². The average molecular weight is 292 g/mol. The normalized spacial score (nSPS) is 12.6. The van der Waals surface area contributed by atoms with Gasteiger partial charge in [0.25, 0.3) is 5.69 Å². The predicted molar refractivity (Wildman–Crippen MR) is 74.8 cm³/mol. The van der Waals surface area contributed by atoms with Crippen LogP contribution in [-0.4, -0.2) is 36.5 Å². The maximum absolute atomic E-state index is 10.6. The van der Waals surface area contributed by atoms with E-state index >= 15 is 0 Å². The van der Waals surface area contributed by atoms with Crippen LogP contribution in [0.5, 0.6) is 0 Å². The van der Waals surface area contributed by atoms with Gasteiger partial charge >= 0.3 is 0 Å². The highest BCUT2D eigenvalue weighted by molar-refractivity contribution is 6.39. The van der Waals surface area contributed by atoms with E-state index in [-0.39, 0.29) is 21.8 Å². The maximum atomic E-state index is 10.6. The summed E-state index contributed by atoms with van der Waals surface area (Å²) in [6, 6.07) is 2.70. The van der Waals surface area contributed by atoms with Crippen LogP contribution in [0.2, 0.25) is 10.0 Å². The number of non-ortho nitro benzene ring substituents is 1. The van der Waals surface area contributed by atoms with Crippen molar-refractivity contribution in [2.75, 3.05) is 26.0 Å². The lowest BCUT2D eigenvalue weighted by atomic mass is 10.2. The lowest BCUT2D eigenvalue weighted by Crippen LogP contribution is -2.29. The van der Waals surface area contributed by atoms with Gasteiger partial charge < -0.3 is 10.2 Å². The number of nitrogens with one attached hydrogen (secondary N) is 1. The first-order valence-corrected chi connectivity index (χ1v) is 6.11. The van der Waals surface area contributed by atoms with Crippen LogP contribution < -0.4 is 5.32 Å². The van der Waals surface area contributed by atoms with Crippen molar-refractivity contribution in [2.24, 2.45) is 0 Å². The van der Waals surface area contributed by atoms with Gasteiger partial charge in [0.1, 0.15) is 0 Å². The first-order chi connectivity index (χ1) is 8.31. The maximum Gasteiger partial charge on any atom is 0.272 e. The summed E-state index contributed by atoms with van der Waals surface area (Å²) in [6.45, 7) is 2.78. The van der Waals surface area contributed by atoms with Gasteiger partial charge in [-0.25, -0.2) is 0 Å². The number of rotatable bonds is 5. The molecule has 100 valence electrons. The van der Waals surface area contributed by atoms with E-state index in [1.807, 2.05) is 25.9 Å². The van der Waals surface area contributed by atoms with Gasteiger partial charge in [-0.05, 0) is 21.0 Å². The lowest BCUT2D eigenvalue weighted by Gasteiger charge is -2.20. The number of hydrogen-bond donors (Lipinski definition) is 1. The first-order valence-electron chi connectivity index (χ1n) is 5.36. The van der Waals surface area contributed by atoms with Crippen LogP contribution >= 0.6 is 23.2 Å². The summed E-state index contributed by atoms with van der Waals surface area (Å²) >= 11 is 12.0. The molecule has 7 heteroatoms. The highest BCUT2D eigenvalue weighted by Gasteiger charge is 2.16. The van der Waals surface area contributed by atoms with Gasteiger partial charge in [0, 0.05) is 24.7 Å². The standard InChI is InChI=1S/C11H15Cl2N3O2/c1-7(6-15(2)3)14-11-9(12)4-8(16(17)18)5-10(11)13/h4-5,7,14H,6H2,1-3H3. The molecular formula is C11H15Cl2N3O2. The number of hydrogen-bond acceptors (Lipinski definition) is 4. The summed E-state index contributed by atoms with van der Waals surface area (Å²) < 4.78 is 0. The third-order valence-electron chi connectivity index (χ3n) is 2.27. The highest BCUT2D eigenvalue weighted by atomic mass is 35.5. The van der Waals surface area contributed by atoms with E-state index in [4.69, 9.17) is 23.2 Å². The van der Waals surface area contributed by atoms with Crippen LogP contribution in [0.15, 0.2) is 12.1 Å². The first kappa shape index (κ1) is 15.0. The molecule has 5 nitrogen and oxygen atoms in total. The Labute approximate surface area is 116 Å². The van der Waals surface area contributed by atoms with Gasteiger partial charge in [-0.3, -0.25) is 10.1 Å². The molecule has 0 amide bonds. The van der Waals surface area contributed by atoms with Crippen molar-refractivity contribution >= 4 is 34.6 Å². The minimum atomic E-state index is -0.523. The zero-order chi connectivity index (χ0) is 13.9. The molecule has 1 atom stereocenters. The van der Waals surface area contributed by atoms with Crippen LogP contribution in [-0.2, 0) is 0 Å². The Balaban J connectivity index is 2.93. The van der Waals surface area contributed by atoms with Gasteiger partial charge in [0.15, 0.2) is 0 Å². The Hall–Kier alpha value is -1.04. The van der Waals surface area contributed by atoms with Crippen LogP contribution in [0.1, 0.15) is 6.92 Å². The monoisotopic (exact) mass is 291 g/mol. The van der Waals surface area contributed by atoms with E-state index in [1.165, 1.54) is 12.1 Å². The molecule has 1 rings (SSSR count). The third kappa shape index (κ3) is 4.01. The molecule has 0 aliphatic rings. The summed E-state index contributed by atoms with van der Waals surface area (Å²) in [5, 5.41) is 14.3. The second kappa shape index (κ2) is 6.22. The lowest BCUT2D eigenvalue weighted by molar-refractivity contribution is -0.384. The summed E-state index contributed by atoms with van der Waals surface area (Å²) in [5.74, 6) is 0. The molecule has 1 unspecified atom stereocenters. The van der Waals surface area contributed by atoms with Crippen molar-refractivity contribution in [3.05, 3.63) is 32.3 Å². The number of anilines is 1. The number of halogens is 2. The SMILES string of the molecule is CC(CN(C)C)Nc1c(Cl)cc([N+](=O)[O-])cc1Cl. The second-order valence-electron chi connectivity index (χ2n) is 4.35. The summed E-state index contributed by atoms with van der Waals surface area (Å²) in [7, 11) is 3.91. The molecule has 0 aliphatic carbocycles. The number of nitrogens with zero attached hydrogens (tertiary/aromatic N) is 2. The van der Waals surface area contributed by atoms with Crippen molar-refractivity contribution in [3.8, 4) is 0 Å². The Morgan fingerprint density at radius 3 is 2.28 bits per heavy atom. The van der Waals surface area contributed by atoms with Crippen LogP contribution in [0.25, 0.3) is 0 Å². The van der Waals surface area contributed by atoms with Gasteiger partial charge in [-0.15, -0.1) is 0 Å². The minimum absolute atomic E-state index is 0.115. The summed E-state index contributed by atoms with van der Waals surface area (Å²) in [5.41, 5.74) is 0.411. The summed E-state index contributed by atoms with van der Waals surface area (Å²) in [6.07, 6.45) is 0. The van der Waals surface area contributed by atoms with E-state index in [0.717, 1.165) is 6.54 Å². The third-order valence-corrected chi connectivity index (χ3v) is 2.86. The molecule has 1 aromatic carbocycles. The van der Waals surface area contributed by atoms with E-state index in [9.17, 15) is 10.1 Å². The zero-order valence-corrected chi connectivity index (χ0v) is 11.9. The van der Waals surface area contributed by atoms with Crippen LogP contribution in [0, 0.1) is 10.1 Å². The number of nitro benzene ring substituents is 1. The Kier molecular flexibility index (Phi) is 5.19. The highest BCUT2D eigenvalue weighted by Crippen LogP contribution is 2.35. The van der Waals surface area contributed by atoms with Crippen molar-refractivity contribution < 1.29 is 4.92 Å². The Morgan fingerprint density at radius 2 is 1.89 bits per heavy atom. The van der Waals surface area contributed by atoms with Crippen molar-refractivity contribution in [3.63, 3.8) is 0 Å². The fraction of sp³-hybridized carbons (Fsp3) is 0.455. The smallest absolute Gasteiger partial charge is 0.272 e. The molecule has 0 bridgehead atoms. The molecule has 0 heterocycles. The molecule has 0 aromatic heterocycles. The van der Waals surface area contributed by atoms with Crippen molar-refractivity contribution in [2.45, 2.75) is 13.0 Å². The topological polar surface area (TPSA) is 58.4 Å². The van der Waals surface area contributed by atoms with Gasteiger partial charge in [0.05, 0.1) is 20.7 Å². The van der Waals surface area contributed by atoms with Crippen LogP contribution in [0.3, 0.4) is 0 Å². The quantitative estimate of drug-likeness (QED) is 0.668. The second-order valence-corrected chi connectivity index (χ2v) is 5.16. The number of benzene rings is 1. The molecule has 0 saturated carbocycles. The summed E-state index contributed by atoms with van der Waals surface area (Å²) in [4.78, 5) is 12.1. The van der Waals surface area contributed by atoms with E-state index < -0.39 is 4.92 Å². The molecule has 0 aliphatic heterocycles.